The van der Waals surface area contributed by atoms with Gasteiger partial charge in [0, 0.05) is 12.3 Å². The van der Waals surface area contributed by atoms with E-state index in [1.165, 1.54) is 12.7 Å². The summed E-state index contributed by atoms with van der Waals surface area (Å²) in [6.07, 6.45) is 4.63. The smallest absolute Gasteiger partial charge is 0.154 e. The zero-order chi connectivity index (χ0) is 10.3. The maximum absolute atomic E-state index is 11.5. The Balaban J connectivity index is 2.79. The minimum Gasteiger partial charge on any atom is -0.326 e. The third kappa shape index (κ3) is 1.89. The zero-order valence-electron chi connectivity index (χ0n) is 8.58. The summed E-state index contributed by atoms with van der Waals surface area (Å²) in [7, 11) is -3.05. The van der Waals surface area contributed by atoms with Crippen LogP contribution in [0.25, 0.3) is 0 Å². The van der Waals surface area contributed by atoms with Gasteiger partial charge in [-0.3, -0.25) is 0 Å². The molecule has 4 heteroatoms. The Bertz CT molecular complexity index is 278. The van der Waals surface area contributed by atoms with Crippen molar-refractivity contribution in [2.24, 2.45) is 11.7 Å². The molecule has 0 radical (unpaired) electrons. The number of hydrogen-bond acceptors (Lipinski definition) is 3. The number of rotatable bonds is 3. The standard InChI is InChI=1S/C9H19NO2S/c1-9(2,13(3,11)12)8(10)7-5-4-6-7/h7-8H,4-6,10H2,1-3H3. The molecule has 1 aliphatic rings. The molecule has 3 nitrogen and oxygen atoms in total. The number of sulfone groups is 1. The Hall–Kier alpha value is -0.0900. The monoisotopic (exact) mass is 205 g/mol. The third-order valence-electron chi connectivity index (χ3n) is 3.42. The largest absolute Gasteiger partial charge is 0.326 e. The van der Waals surface area contributed by atoms with Crippen LogP contribution in [0.4, 0.5) is 0 Å². The van der Waals surface area contributed by atoms with E-state index in [4.69, 9.17) is 5.73 Å². The summed E-state index contributed by atoms with van der Waals surface area (Å²) < 4.78 is 22.1. The quantitative estimate of drug-likeness (QED) is 0.746. The Labute approximate surface area is 80.6 Å². The van der Waals surface area contributed by atoms with Crippen LogP contribution in [-0.4, -0.2) is 25.5 Å². The van der Waals surface area contributed by atoms with Crippen LogP contribution in [-0.2, 0) is 9.84 Å². The molecule has 0 aromatic heterocycles. The van der Waals surface area contributed by atoms with Gasteiger partial charge >= 0.3 is 0 Å². The lowest BCUT2D eigenvalue weighted by molar-refractivity contribution is 0.231. The minimum absolute atomic E-state index is 0.212. The first kappa shape index (κ1) is 11.0. The second kappa shape index (κ2) is 3.24. The third-order valence-corrected chi connectivity index (χ3v) is 5.60. The average molecular weight is 205 g/mol. The summed E-state index contributed by atoms with van der Waals surface area (Å²) in [5, 5.41) is 0. The van der Waals surface area contributed by atoms with Crippen molar-refractivity contribution in [3.8, 4) is 0 Å². The van der Waals surface area contributed by atoms with Crippen LogP contribution in [0.1, 0.15) is 33.1 Å². The first-order chi connectivity index (χ1) is 5.77. The molecule has 0 saturated heterocycles. The highest BCUT2D eigenvalue weighted by Gasteiger charge is 2.42. The van der Waals surface area contributed by atoms with Crippen molar-refractivity contribution in [2.75, 3.05) is 6.26 Å². The van der Waals surface area contributed by atoms with E-state index in [1.807, 2.05) is 0 Å². The van der Waals surface area contributed by atoms with Crippen LogP contribution < -0.4 is 5.73 Å². The van der Waals surface area contributed by atoms with Crippen molar-refractivity contribution >= 4 is 9.84 Å². The van der Waals surface area contributed by atoms with Crippen LogP contribution in [0.2, 0.25) is 0 Å². The summed E-state index contributed by atoms with van der Waals surface area (Å²) in [6, 6.07) is -0.212. The van der Waals surface area contributed by atoms with Crippen molar-refractivity contribution in [2.45, 2.75) is 43.9 Å². The fraction of sp³-hybridized carbons (Fsp3) is 1.00. The van der Waals surface area contributed by atoms with E-state index in [1.54, 1.807) is 13.8 Å². The Morgan fingerprint density at radius 1 is 1.38 bits per heavy atom. The van der Waals surface area contributed by atoms with E-state index in [0.717, 1.165) is 12.8 Å². The van der Waals surface area contributed by atoms with E-state index in [2.05, 4.69) is 0 Å². The highest BCUT2D eigenvalue weighted by molar-refractivity contribution is 7.92. The van der Waals surface area contributed by atoms with Gasteiger partial charge in [-0.25, -0.2) is 8.42 Å². The Kier molecular flexibility index (Phi) is 2.74. The molecule has 1 unspecified atom stereocenters. The molecule has 2 N–H and O–H groups in total. The molecule has 0 aliphatic heterocycles. The van der Waals surface area contributed by atoms with Crippen molar-refractivity contribution < 1.29 is 8.42 Å². The van der Waals surface area contributed by atoms with Crippen LogP contribution in [0.3, 0.4) is 0 Å². The molecule has 0 bridgehead atoms. The molecule has 1 saturated carbocycles. The lowest BCUT2D eigenvalue weighted by atomic mass is 9.76. The number of hydrogen-bond donors (Lipinski definition) is 1. The maximum atomic E-state index is 11.5. The lowest BCUT2D eigenvalue weighted by Crippen LogP contribution is -2.54. The highest BCUT2D eigenvalue weighted by atomic mass is 32.2. The predicted octanol–water partition coefficient (Wildman–Crippen LogP) is 0.937. The second-order valence-corrected chi connectivity index (χ2v) is 7.19. The van der Waals surface area contributed by atoms with Gasteiger partial charge in [0.25, 0.3) is 0 Å². The van der Waals surface area contributed by atoms with Crippen molar-refractivity contribution in [3.05, 3.63) is 0 Å². The van der Waals surface area contributed by atoms with Crippen LogP contribution in [0, 0.1) is 5.92 Å². The van der Waals surface area contributed by atoms with Crippen molar-refractivity contribution in [3.63, 3.8) is 0 Å². The van der Waals surface area contributed by atoms with Gasteiger partial charge < -0.3 is 5.73 Å². The molecule has 1 atom stereocenters. The first-order valence-corrected chi connectivity index (χ1v) is 6.61. The van der Waals surface area contributed by atoms with E-state index < -0.39 is 14.6 Å². The Morgan fingerprint density at radius 2 is 1.85 bits per heavy atom. The second-order valence-electron chi connectivity index (χ2n) is 4.59. The first-order valence-electron chi connectivity index (χ1n) is 4.72. The molecular weight excluding hydrogens is 186 g/mol. The lowest BCUT2D eigenvalue weighted by Gasteiger charge is -2.39. The number of nitrogens with two attached hydrogens (primary N) is 1. The fourth-order valence-electron chi connectivity index (χ4n) is 1.61. The maximum Gasteiger partial charge on any atom is 0.154 e. The van der Waals surface area contributed by atoms with Gasteiger partial charge in [0.1, 0.15) is 0 Å². The van der Waals surface area contributed by atoms with Gasteiger partial charge in [-0.05, 0) is 32.6 Å². The van der Waals surface area contributed by atoms with Gasteiger partial charge in [-0.15, -0.1) is 0 Å². The molecule has 13 heavy (non-hydrogen) atoms. The molecule has 0 aromatic carbocycles. The van der Waals surface area contributed by atoms with Gasteiger partial charge in [0.15, 0.2) is 9.84 Å². The average Bonchev–Trinajstić information content (AvgIpc) is 1.80. The van der Waals surface area contributed by atoms with E-state index in [9.17, 15) is 8.42 Å². The molecule has 0 amide bonds. The minimum atomic E-state index is -3.05. The molecule has 0 spiro atoms. The van der Waals surface area contributed by atoms with Crippen molar-refractivity contribution in [1.29, 1.82) is 0 Å². The normalized spacial score (nSPS) is 22.5. The summed E-state index contributed by atoms with van der Waals surface area (Å²) in [5.74, 6) is 0.407. The SMILES string of the molecule is CC(C)(C(N)C1CCC1)S(C)(=O)=O. The van der Waals surface area contributed by atoms with Crippen molar-refractivity contribution in [1.82, 2.24) is 0 Å². The summed E-state index contributed by atoms with van der Waals surface area (Å²) in [4.78, 5) is 0. The van der Waals surface area contributed by atoms with Gasteiger partial charge in [0.05, 0.1) is 4.75 Å². The van der Waals surface area contributed by atoms with Gasteiger partial charge in [-0.1, -0.05) is 6.42 Å². The fourth-order valence-corrected chi connectivity index (χ4v) is 2.30. The van der Waals surface area contributed by atoms with Gasteiger partial charge in [-0.2, -0.15) is 0 Å². The molecule has 1 fully saturated rings. The Morgan fingerprint density at radius 3 is 2.08 bits per heavy atom. The molecule has 1 rings (SSSR count). The summed E-state index contributed by atoms with van der Waals surface area (Å²) in [5.41, 5.74) is 5.96. The molecule has 78 valence electrons. The predicted molar refractivity (Wildman–Crippen MR) is 54.2 cm³/mol. The van der Waals surface area contributed by atoms with E-state index in [-0.39, 0.29) is 6.04 Å². The molecular formula is C9H19NO2S. The van der Waals surface area contributed by atoms with Crippen LogP contribution in [0.15, 0.2) is 0 Å². The highest BCUT2D eigenvalue weighted by Crippen LogP contribution is 2.35. The van der Waals surface area contributed by atoms with Crippen LogP contribution >= 0.6 is 0 Å². The zero-order valence-corrected chi connectivity index (χ0v) is 9.39. The van der Waals surface area contributed by atoms with E-state index >= 15 is 0 Å². The molecule has 1 aliphatic carbocycles. The van der Waals surface area contributed by atoms with Gasteiger partial charge in [0.2, 0.25) is 0 Å². The summed E-state index contributed by atoms with van der Waals surface area (Å²) in [6.45, 7) is 3.46. The molecule has 0 aromatic rings. The summed E-state index contributed by atoms with van der Waals surface area (Å²) >= 11 is 0. The van der Waals surface area contributed by atoms with E-state index in [0.29, 0.717) is 5.92 Å². The van der Waals surface area contributed by atoms with Crippen LogP contribution in [0.5, 0.6) is 0 Å². The molecule has 0 heterocycles. The topological polar surface area (TPSA) is 60.2 Å².